The van der Waals surface area contributed by atoms with E-state index in [9.17, 15) is 9.59 Å². The van der Waals surface area contributed by atoms with Gasteiger partial charge in [0.25, 0.3) is 11.8 Å². The average molecular weight is 425 g/mol. The number of rotatable bonds is 6. The molecule has 0 unspecified atom stereocenters. The van der Waals surface area contributed by atoms with Gasteiger partial charge in [-0.1, -0.05) is 23.2 Å². The molecule has 7 nitrogen and oxygen atoms in total. The number of aromatic nitrogens is 2. The van der Waals surface area contributed by atoms with Crippen molar-refractivity contribution in [3.63, 3.8) is 0 Å². The van der Waals surface area contributed by atoms with E-state index in [0.717, 1.165) is 0 Å². The maximum absolute atomic E-state index is 12.3. The molecule has 4 N–H and O–H groups in total. The van der Waals surface area contributed by atoms with E-state index in [2.05, 4.69) is 15.3 Å². The maximum atomic E-state index is 12.3. The summed E-state index contributed by atoms with van der Waals surface area (Å²) in [4.78, 5) is 30.6. The Labute approximate surface area is 168 Å². The molecular formula is C17H14Cl2N4O3S. The second-order valence-corrected chi connectivity index (χ2v) is 7.23. The van der Waals surface area contributed by atoms with Crippen molar-refractivity contribution in [2.45, 2.75) is 13.0 Å². The van der Waals surface area contributed by atoms with E-state index in [-0.39, 0.29) is 11.6 Å². The molecule has 0 saturated heterocycles. The van der Waals surface area contributed by atoms with Crippen LogP contribution in [0.1, 0.15) is 17.4 Å². The van der Waals surface area contributed by atoms with E-state index in [4.69, 9.17) is 33.7 Å². The first-order valence-corrected chi connectivity index (χ1v) is 9.33. The van der Waals surface area contributed by atoms with E-state index < -0.39 is 12.0 Å². The molecule has 3 aromatic rings. The molecule has 27 heavy (non-hydrogen) atoms. The number of benzene rings is 1. The lowest BCUT2D eigenvalue weighted by atomic mass is 10.2. The van der Waals surface area contributed by atoms with E-state index in [1.807, 2.05) is 0 Å². The molecule has 1 aromatic carbocycles. The number of carbonyl (C=O) groups excluding carboxylic acids is 2. The zero-order chi connectivity index (χ0) is 19.6. The van der Waals surface area contributed by atoms with Gasteiger partial charge in [-0.15, -0.1) is 11.3 Å². The van der Waals surface area contributed by atoms with Crippen LogP contribution in [0, 0.1) is 0 Å². The van der Waals surface area contributed by atoms with Crippen molar-refractivity contribution >= 4 is 51.5 Å². The van der Waals surface area contributed by atoms with Crippen LogP contribution in [0.25, 0.3) is 11.3 Å². The van der Waals surface area contributed by atoms with Gasteiger partial charge in [-0.25, -0.2) is 4.98 Å². The molecule has 10 heteroatoms. The fourth-order valence-corrected chi connectivity index (χ4v) is 3.35. The Morgan fingerprint density at radius 2 is 2.11 bits per heavy atom. The number of nitrogens with one attached hydrogen (secondary N) is 2. The van der Waals surface area contributed by atoms with E-state index >= 15 is 0 Å². The minimum absolute atomic E-state index is 0.283. The molecular weight excluding hydrogens is 411 g/mol. The van der Waals surface area contributed by atoms with Gasteiger partial charge >= 0.3 is 0 Å². The Bertz CT molecular complexity index is 1000. The summed E-state index contributed by atoms with van der Waals surface area (Å²) >= 11 is 13.1. The zero-order valence-electron chi connectivity index (χ0n) is 14.0. The van der Waals surface area contributed by atoms with Crippen molar-refractivity contribution in [1.29, 1.82) is 0 Å². The first-order valence-electron chi connectivity index (χ1n) is 7.70. The number of amides is 2. The van der Waals surface area contributed by atoms with Crippen molar-refractivity contribution in [3.05, 3.63) is 51.6 Å². The van der Waals surface area contributed by atoms with Gasteiger partial charge < -0.3 is 15.5 Å². The molecule has 3 rings (SSSR count). The second-order valence-electron chi connectivity index (χ2n) is 5.53. The maximum Gasteiger partial charge on any atom is 0.266 e. The summed E-state index contributed by atoms with van der Waals surface area (Å²) in [5, 5.41) is 5.63. The third-order valence-corrected chi connectivity index (χ3v) is 4.83. The number of thiazole rings is 1. The number of hydrogen-bond acceptors (Lipinski definition) is 5. The lowest BCUT2D eigenvalue weighted by Crippen LogP contribution is -2.30. The molecule has 2 heterocycles. The predicted octanol–water partition coefficient (Wildman–Crippen LogP) is 3.95. The minimum atomic E-state index is -0.801. The van der Waals surface area contributed by atoms with Crippen LogP contribution in [0.4, 0.5) is 5.13 Å². The number of halogens is 2. The molecule has 0 aliphatic rings. The highest BCUT2D eigenvalue weighted by molar-refractivity contribution is 7.14. The van der Waals surface area contributed by atoms with Gasteiger partial charge in [0.1, 0.15) is 11.4 Å². The van der Waals surface area contributed by atoms with Crippen molar-refractivity contribution in [2.24, 2.45) is 5.73 Å². The Balaban J connectivity index is 1.65. The molecule has 0 radical (unpaired) electrons. The summed E-state index contributed by atoms with van der Waals surface area (Å²) in [5.41, 5.74) is 6.80. The lowest BCUT2D eigenvalue weighted by molar-refractivity contribution is -0.122. The first kappa shape index (κ1) is 19.2. The van der Waals surface area contributed by atoms with Crippen molar-refractivity contribution < 1.29 is 14.3 Å². The molecule has 2 amide bonds. The second kappa shape index (κ2) is 7.99. The molecule has 0 aliphatic carbocycles. The van der Waals surface area contributed by atoms with E-state index in [0.29, 0.717) is 32.2 Å². The summed E-state index contributed by atoms with van der Waals surface area (Å²) in [5.74, 6) is -0.583. The van der Waals surface area contributed by atoms with Gasteiger partial charge in [0, 0.05) is 22.2 Å². The van der Waals surface area contributed by atoms with Gasteiger partial charge in [0.2, 0.25) is 0 Å². The van der Waals surface area contributed by atoms with Gasteiger partial charge in [0.05, 0.1) is 10.7 Å². The zero-order valence-corrected chi connectivity index (χ0v) is 16.3. The topological polar surface area (TPSA) is 110 Å². The fraction of sp³-hybridized carbons (Fsp3) is 0.118. The number of carbonyl (C=O) groups is 2. The normalized spacial score (nSPS) is 11.8. The predicted molar refractivity (Wildman–Crippen MR) is 106 cm³/mol. The summed E-state index contributed by atoms with van der Waals surface area (Å²) in [6.45, 7) is 1.60. The number of nitrogens with two attached hydrogens (primary N) is 1. The first-order chi connectivity index (χ1) is 12.8. The summed E-state index contributed by atoms with van der Waals surface area (Å²) < 4.78 is 5.57. The molecule has 0 bridgehead atoms. The third kappa shape index (κ3) is 4.60. The van der Waals surface area contributed by atoms with Gasteiger partial charge in [-0.05, 0) is 31.2 Å². The number of anilines is 1. The van der Waals surface area contributed by atoms with Crippen LogP contribution in [0.5, 0.6) is 5.75 Å². The van der Waals surface area contributed by atoms with Gasteiger partial charge in [-0.3, -0.25) is 14.9 Å². The Morgan fingerprint density at radius 1 is 1.33 bits per heavy atom. The van der Waals surface area contributed by atoms with Gasteiger partial charge in [-0.2, -0.15) is 0 Å². The highest BCUT2D eigenvalue weighted by Gasteiger charge is 2.18. The molecule has 1 atom stereocenters. The number of hydrogen-bond donors (Lipinski definition) is 3. The van der Waals surface area contributed by atoms with Crippen LogP contribution < -0.4 is 15.8 Å². The highest BCUT2D eigenvalue weighted by atomic mass is 35.5. The van der Waals surface area contributed by atoms with Crippen LogP contribution in [0.15, 0.2) is 35.8 Å². The average Bonchev–Trinajstić information content (AvgIpc) is 3.26. The van der Waals surface area contributed by atoms with Crippen LogP contribution in [-0.4, -0.2) is 27.9 Å². The van der Waals surface area contributed by atoms with Crippen LogP contribution in [0.2, 0.25) is 10.0 Å². The number of aromatic amines is 1. The summed E-state index contributed by atoms with van der Waals surface area (Å²) in [6, 6.07) is 6.35. The lowest BCUT2D eigenvalue weighted by Gasteiger charge is -2.14. The number of H-pyrrole nitrogens is 1. The van der Waals surface area contributed by atoms with Crippen molar-refractivity contribution in [1.82, 2.24) is 9.97 Å². The third-order valence-electron chi connectivity index (χ3n) is 3.55. The molecule has 0 aliphatic heterocycles. The van der Waals surface area contributed by atoms with Crippen LogP contribution in [-0.2, 0) is 4.79 Å². The number of nitrogens with zero attached hydrogens (tertiary/aromatic N) is 1. The molecule has 0 spiro atoms. The SMILES string of the molecule is C[C@H](Oc1ccc(Cl)cc1Cl)C(=O)Nc1nc(-c2c[nH]c(C(N)=O)c2)cs1. The summed E-state index contributed by atoms with van der Waals surface area (Å²) in [6.07, 6.45) is 0.819. The van der Waals surface area contributed by atoms with Crippen LogP contribution in [0.3, 0.4) is 0 Å². The monoisotopic (exact) mass is 424 g/mol. The van der Waals surface area contributed by atoms with E-state index in [1.165, 1.54) is 17.4 Å². The van der Waals surface area contributed by atoms with Crippen molar-refractivity contribution in [3.8, 4) is 17.0 Å². The molecule has 140 valence electrons. The number of primary amides is 1. The summed E-state index contributed by atoms with van der Waals surface area (Å²) in [7, 11) is 0. The number of ether oxygens (including phenoxy) is 1. The molecule has 0 saturated carbocycles. The fourth-order valence-electron chi connectivity index (χ4n) is 2.17. The standard InChI is InChI=1S/C17H14Cl2N4O3S/c1-8(26-14-3-2-10(18)5-11(14)19)16(25)23-17-22-13(7-27-17)9-4-12(15(20)24)21-6-9/h2-8,21H,1H3,(H2,20,24)(H,22,23,25)/t8-/m0/s1. The Morgan fingerprint density at radius 3 is 2.78 bits per heavy atom. The molecule has 0 fully saturated rings. The van der Waals surface area contributed by atoms with Gasteiger partial charge in [0.15, 0.2) is 11.2 Å². The largest absolute Gasteiger partial charge is 0.479 e. The molecule has 2 aromatic heterocycles. The Kier molecular flexibility index (Phi) is 5.69. The van der Waals surface area contributed by atoms with Crippen molar-refractivity contribution in [2.75, 3.05) is 5.32 Å². The highest BCUT2D eigenvalue weighted by Crippen LogP contribution is 2.29. The minimum Gasteiger partial charge on any atom is -0.479 e. The smallest absolute Gasteiger partial charge is 0.266 e. The van der Waals surface area contributed by atoms with Crippen LogP contribution >= 0.6 is 34.5 Å². The van der Waals surface area contributed by atoms with E-state index in [1.54, 1.807) is 36.7 Å². The quantitative estimate of drug-likeness (QED) is 0.556. The Hall–Kier alpha value is -2.55.